The molecule has 0 spiro atoms. The molecule has 1 unspecified atom stereocenters. The average molecular weight is 292 g/mol. The lowest BCUT2D eigenvalue weighted by atomic mass is 10.1. The molecule has 1 heterocycles. The van der Waals surface area contributed by atoms with Gasteiger partial charge in [0.05, 0.1) is 13.2 Å². The molecule has 2 N–H and O–H groups in total. The number of hydrogen-bond acceptors (Lipinski definition) is 4. The van der Waals surface area contributed by atoms with Gasteiger partial charge in [-0.25, -0.2) is 0 Å². The standard InChI is InChI=1S/C17H28N2O2/c1-14-6-7-17(21-2)15(12-14)16(20)13-18-8-5-11-19-9-3-4-10-19/h6-7,12,16,18,20H,3-5,8-11,13H2,1-2H3. The van der Waals surface area contributed by atoms with Crippen molar-refractivity contribution in [1.29, 1.82) is 0 Å². The van der Waals surface area contributed by atoms with Crippen molar-refractivity contribution in [2.45, 2.75) is 32.3 Å². The van der Waals surface area contributed by atoms with E-state index in [0.29, 0.717) is 6.54 Å². The van der Waals surface area contributed by atoms with Crippen molar-refractivity contribution in [3.05, 3.63) is 29.3 Å². The Morgan fingerprint density at radius 1 is 1.33 bits per heavy atom. The Hall–Kier alpha value is -1.10. The fourth-order valence-electron chi connectivity index (χ4n) is 2.90. The maximum absolute atomic E-state index is 10.3. The number of ether oxygens (including phenoxy) is 1. The predicted octanol–water partition coefficient (Wildman–Crippen LogP) is 2.11. The van der Waals surface area contributed by atoms with Crippen LogP contribution in [-0.2, 0) is 0 Å². The van der Waals surface area contributed by atoms with Gasteiger partial charge in [0.15, 0.2) is 0 Å². The van der Waals surface area contributed by atoms with Crippen LogP contribution in [0.5, 0.6) is 5.75 Å². The molecule has 0 amide bonds. The topological polar surface area (TPSA) is 44.7 Å². The fraction of sp³-hybridized carbons (Fsp3) is 0.647. The van der Waals surface area contributed by atoms with Crippen LogP contribution in [0.2, 0.25) is 0 Å². The first-order chi connectivity index (χ1) is 10.2. The fourth-order valence-corrected chi connectivity index (χ4v) is 2.90. The average Bonchev–Trinajstić information content (AvgIpc) is 3.00. The lowest BCUT2D eigenvalue weighted by Crippen LogP contribution is -2.27. The maximum atomic E-state index is 10.3. The Labute approximate surface area is 128 Å². The smallest absolute Gasteiger partial charge is 0.124 e. The molecule has 2 rings (SSSR count). The summed E-state index contributed by atoms with van der Waals surface area (Å²) in [7, 11) is 1.64. The van der Waals surface area contributed by atoms with E-state index < -0.39 is 6.10 Å². The number of hydrogen-bond donors (Lipinski definition) is 2. The number of benzene rings is 1. The number of aliphatic hydroxyl groups is 1. The molecule has 1 saturated heterocycles. The molecule has 1 aliphatic heterocycles. The summed E-state index contributed by atoms with van der Waals surface area (Å²) in [6.07, 6.45) is 3.31. The molecular weight excluding hydrogens is 264 g/mol. The quantitative estimate of drug-likeness (QED) is 0.720. The number of aliphatic hydroxyl groups excluding tert-OH is 1. The second kappa shape index (κ2) is 8.37. The summed E-state index contributed by atoms with van der Waals surface area (Å²) in [6, 6.07) is 5.91. The first-order valence-electron chi connectivity index (χ1n) is 7.96. The summed E-state index contributed by atoms with van der Waals surface area (Å²) in [6.45, 7) is 7.21. The molecule has 0 saturated carbocycles. The Morgan fingerprint density at radius 3 is 2.81 bits per heavy atom. The third-order valence-electron chi connectivity index (χ3n) is 4.11. The first-order valence-corrected chi connectivity index (χ1v) is 7.96. The highest BCUT2D eigenvalue weighted by molar-refractivity contribution is 5.38. The van der Waals surface area contributed by atoms with E-state index in [1.54, 1.807) is 7.11 Å². The highest BCUT2D eigenvalue weighted by Crippen LogP contribution is 2.25. The van der Waals surface area contributed by atoms with Crippen LogP contribution < -0.4 is 10.1 Å². The number of aryl methyl sites for hydroxylation is 1. The third kappa shape index (κ3) is 4.99. The van der Waals surface area contributed by atoms with Crippen LogP contribution in [-0.4, -0.2) is 49.8 Å². The molecule has 1 aromatic rings. The van der Waals surface area contributed by atoms with Crippen LogP contribution in [0.15, 0.2) is 18.2 Å². The summed E-state index contributed by atoms with van der Waals surface area (Å²) in [5.41, 5.74) is 2.00. The Morgan fingerprint density at radius 2 is 2.10 bits per heavy atom. The molecule has 21 heavy (non-hydrogen) atoms. The van der Waals surface area contributed by atoms with Gasteiger partial charge in [-0.3, -0.25) is 0 Å². The number of rotatable bonds is 8. The van der Waals surface area contributed by atoms with Gasteiger partial charge in [0.1, 0.15) is 5.75 Å². The van der Waals surface area contributed by atoms with Gasteiger partial charge in [-0.15, -0.1) is 0 Å². The summed E-state index contributed by atoms with van der Waals surface area (Å²) >= 11 is 0. The van der Waals surface area contributed by atoms with Gasteiger partial charge in [0, 0.05) is 12.1 Å². The minimum Gasteiger partial charge on any atom is -0.496 e. The van der Waals surface area contributed by atoms with Crippen LogP contribution in [0.4, 0.5) is 0 Å². The van der Waals surface area contributed by atoms with Gasteiger partial charge in [0.2, 0.25) is 0 Å². The van der Waals surface area contributed by atoms with Crippen molar-refractivity contribution in [1.82, 2.24) is 10.2 Å². The first kappa shape index (κ1) is 16.3. The van der Waals surface area contributed by atoms with Crippen molar-refractivity contribution in [3.63, 3.8) is 0 Å². The molecule has 4 nitrogen and oxygen atoms in total. The normalized spacial score (nSPS) is 17.1. The molecule has 1 aromatic carbocycles. The lowest BCUT2D eigenvalue weighted by Gasteiger charge is -2.17. The van der Waals surface area contributed by atoms with Crippen LogP contribution in [0.3, 0.4) is 0 Å². The number of methoxy groups -OCH3 is 1. The minimum atomic E-state index is -0.522. The highest BCUT2D eigenvalue weighted by Gasteiger charge is 2.13. The third-order valence-corrected chi connectivity index (χ3v) is 4.11. The summed E-state index contributed by atoms with van der Waals surface area (Å²) in [5, 5.41) is 13.7. The molecular formula is C17H28N2O2. The highest BCUT2D eigenvalue weighted by atomic mass is 16.5. The molecule has 0 bridgehead atoms. The van der Waals surface area contributed by atoms with Gasteiger partial charge >= 0.3 is 0 Å². The number of nitrogens with zero attached hydrogens (tertiary/aromatic N) is 1. The summed E-state index contributed by atoms with van der Waals surface area (Å²) in [5.74, 6) is 0.756. The van der Waals surface area contributed by atoms with E-state index in [-0.39, 0.29) is 0 Å². The Bertz CT molecular complexity index is 431. The number of likely N-dealkylation sites (tertiary alicyclic amines) is 1. The molecule has 0 aromatic heterocycles. The zero-order valence-corrected chi connectivity index (χ0v) is 13.3. The van der Waals surface area contributed by atoms with Gasteiger partial charge in [-0.2, -0.15) is 0 Å². The van der Waals surface area contributed by atoms with E-state index in [0.717, 1.165) is 36.4 Å². The zero-order valence-electron chi connectivity index (χ0n) is 13.3. The second-order valence-corrected chi connectivity index (χ2v) is 5.87. The molecule has 0 radical (unpaired) electrons. The van der Waals surface area contributed by atoms with Crippen molar-refractivity contribution in [2.75, 3.05) is 39.8 Å². The van der Waals surface area contributed by atoms with E-state index in [4.69, 9.17) is 4.74 Å². The van der Waals surface area contributed by atoms with Gasteiger partial charge in [0.25, 0.3) is 0 Å². The monoisotopic (exact) mass is 292 g/mol. The molecule has 118 valence electrons. The van der Waals surface area contributed by atoms with Crippen molar-refractivity contribution < 1.29 is 9.84 Å². The predicted molar refractivity (Wildman–Crippen MR) is 85.9 cm³/mol. The summed E-state index contributed by atoms with van der Waals surface area (Å²) < 4.78 is 5.32. The van der Waals surface area contributed by atoms with Crippen molar-refractivity contribution >= 4 is 0 Å². The SMILES string of the molecule is COc1ccc(C)cc1C(O)CNCCCN1CCCC1. The second-order valence-electron chi connectivity index (χ2n) is 5.87. The largest absolute Gasteiger partial charge is 0.496 e. The molecule has 4 heteroatoms. The maximum Gasteiger partial charge on any atom is 0.124 e. The van der Waals surface area contributed by atoms with Crippen LogP contribution in [0.1, 0.15) is 36.5 Å². The van der Waals surface area contributed by atoms with E-state index >= 15 is 0 Å². The zero-order chi connectivity index (χ0) is 15.1. The summed E-state index contributed by atoms with van der Waals surface area (Å²) in [4.78, 5) is 2.52. The van der Waals surface area contributed by atoms with Gasteiger partial charge < -0.3 is 20.1 Å². The van der Waals surface area contributed by atoms with Crippen molar-refractivity contribution in [2.24, 2.45) is 0 Å². The molecule has 1 atom stereocenters. The van der Waals surface area contributed by atoms with Crippen LogP contribution in [0, 0.1) is 6.92 Å². The minimum absolute atomic E-state index is 0.522. The molecule has 0 aliphatic carbocycles. The Balaban J connectivity index is 1.71. The van der Waals surface area contributed by atoms with E-state index in [1.807, 2.05) is 25.1 Å². The molecule has 1 aliphatic rings. The van der Waals surface area contributed by atoms with E-state index in [1.165, 1.54) is 25.9 Å². The molecule has 1 fully saturated rings. The lowest BCUT2D eigenvalue weighted by molar-refractivity contribution is 0.170. The van der Waals surface area contributed by atoms with Crippen molar-refractivity contribution in [3.8, 4) is 5.75 Å². The van der Waals surface area contributed by atoms with E-state index in [9.17, 15) is 5.11 Å². The Kier molecular flexibility index (Phi) is 6.49. The van der Waals surface area contributed by atoms with Gasteiger partial charge in [-0.05, 0) is 64.5 Å². The van der Waals surface area contributed by atoms with Gasteiger partial charge in [-0.1, -0.05) is 11.6 Å². The van der Waals surface area contributed by atoms with Crippen LogP contribution >= 0.6 is 0 Å². The van der Waals surface area contributed by atoms with Crippen LogP contribution in [0.25, 0.3) is 0 Å². The van der Waals surface area contributed by atoms with E-state index in [2.05, 4.69) is 10.2 Å². The number of nitrogens with one attached hydrogen (secondary N) is 1.